The molecule has 0 aromatic rings. The number of hydrogen-bond donors (Lipinski definition) is 0. The summed E-state index contributed by atoms with van der Waals surface area (Å²) in [4.78, 5) is 0. The minimum atomic E-state index is -0.235. The SMILES string of the molecule is C.CC(C)C(C)(C)C(C)(C)C#N. The molecule has 0 spiro atoms. The zero-order chi connectivity index (χ0) is 9.28. The van der Waals surface area contributed by atoms with E-state index in [1.165, 1.54) is 0 Å². The molecule has 0 saturated heterocycles. The highest BCUT2D eigenvalue weighted by Crippen LogP contribution is 2.43. The second kappa shape index (κ2) is 3.94. The number of nitriles is 1. The number of rotatable bonds is 2. The fourth-order valence-electron chi connectivity index (χ4n) is 0.866. The van der Waals surface area contributed by atoms with Crippen LogP contribution in [-0.4, -0.2) is 0 Å². The van der Waals surface area contributed by atoms with Crippen molar-refractivity contribution in [1.29, 1.82) is 5.26 Å². The molecule has 0 bridgehead atoms. The van der Waals surface area contributed by atoms with Crippen LogP contribution >= 0.6 is 0 Å². The van der Waals surface area contributed by atoms with Crippen molar-refractivity contribution in [3.8, 4) is 6.07 Å². The molecule has 0 heterocycles. The van der Waals surface area contributed by atoms with E-state index in [0.29, 0.717) is 5.92 Å². The minimum absolute atomic E-state index is 0. The lowest BCUT2D eigenvalue weighted by molar-refractivity contribution is 0.107. The van der Waals surface area contributed by atoms with Crippen molar-refractivity contribution >= 4 is 0 Å². The van der Waals surface area contributed by atoms with Crippen LogP contribution in [0.3, 0.4) is 0 Å². The highest BCUT2D eigenvalue weighted by Gasteiger charge is 2.39. The Hall–Kier alpha value is -0.510. The highest BCUT2D eigenvalue weighted by atomic mass is 14.4. The summed E-state index contributed by atoms with van der Waals surface area (Å²) < 4.78 is 0. The molecule has 0 aliphatic heterocycles. The smallest absolute Gasteiger partial charge is 0.0689 e. The molecule has 1 nitrogen and oxygen atoms in total. The summed E-state index contributed by atoms with van der Waals surface area (Å²) in [5.41, 5.74) is -0.150. The molecule has 12 heavy (non-hydrogen) atoms. The molecule has 0 aliphatic rings. The summed E-state index contributed by atoms with van der Waals surface area (Å²) >= 11 is 0. The number of hydrogen-bond acceptors (Lipinski definition) is 1. The molecule has 0 atom stereocenters. The van der Waals surface area contributed by atoms with E-state index in [4.69, 9.17) is 5.26 Å². The van der Waals surface area contributed by atoms with Gasteiger partial charge in [0.1, 0.15) is 0 Å². The van der Waals surface area contributed by atoms with Crippen molar-refractivity contribution < 1.29 is 0 Å². The van der Waals surface area contributed by atoms with Gasteiger partial charge in [-0.25, -0.2) is 0 Å². The molecule has 0 saturated carbocycles. The maximum Gasteiger partial charge on any atom is 0.0689 e. The van der Waals surface area contributed by atoms with Gasteiger partial charge in [0.2, 0.25) is 0 Å². The van der Waals surface area contributed by atoms with Crippen molar-refractivity contribution in [2.75, 3.05) is 0 Å². The van der Waals surface area contributed by atoms with Gasteiger partial charge in [-0.2, -0.15) is 5.26 Å². The molecule has 72 valence electrons. The molecule has 0 N–H and O–H groups in total. The maximum absolute atomic E-state index is 8.93. The molecule has 0 rings (SSSR count). The largest absolute Gasteiger partial charge is 0.198 e. The Bertz CT molecular complexity index is 170. The first kappa shape index (κ1) is 14.0. The van der Waals surface area contributed by atoms with Crippen LogP contribution in [0.5, 0.6) is 0 Å². The molecular formula is C11H23N. The first-order chi connectivity index (χ1) is 4.75. The van der Waals surface area contributed by atoms with E-state index in [2.05, 4.69) is 33.8 Å². The summed E-state index contributed by atoms with van der Waals surface area (Å²) in [7, 11) is 0. The monoisotopic (exact) mass is 169 g/mol. The number of nitrogens with zero attached hydrogens (tertiary/aromatic N) is 1. The van der Waals surface area contributed by atoms with E-state index in [0.717, 1.165) is 0 Å². The standard InChI is InChI=1S/C10H19N.CH4/c1-8(2)10(5,6)9(3,4)7-11;/h8H,1-6H3;1H4. The Morgan fingerprint density at radius 3 is 1.50 bits per heavy atom. The zero-order valence-corrected chi connectivity index (χ0v) is 8.52. The lowest BCUT2D eigenvalue weighted by Crippen LogP contribution is -2.35. The van der Waals surface area contributed by atoms with Crippen LogP contribution in [0, 0.1) is 28.1 Å². The Labute approximate surface area is 77.8 Å². The molecule has 1 heteroatoms. The van der Waals surface area contributed by atoms with Gasteiger partial charge in [0.05, 0.1) is 11.5 Å². The van der Waals surface area contributed by atoms with Crippen molar-refractivity contribution in [3.05, 3.63) is 0 Å². The summed E-state index contributed by atoms with van der Waals surface area (Å²) in [6.07, 6.45) is 0. The van der Waals surface area contributed by atoms with Gasteiger partial charge < -0.3 is 0 Å². The normalized spacial score (nSPS) is 12.2. The molecule has 0 radical (unpaired) electrons. The van der Waals surface area contributed by atoms with Crippen LogP contribution in [0.2, 0.25) is 0 Å². The quantitative estimate of drug-likeness (QED) is 0.616. The molecule has 0 amide bonds. The average Bonchev–Trinajstić information content (AvgIpc) is 1.87. The third-order valence-corrected chi connectivity index (χ3v) is 3.33. The summed E-state index contributed by atoms with van der Waals surface area (Å²) in [5, 5.41) is 8.93. The van der Waals surface area contributed by atoms with Crippen LogP contribution in [-0.2, 0) is 0 Å². The fraction of sp³-hybridized carbons (Fsp3) is 0.909. The maximum atomic E-state index is 8.93. The molecule has 0 aliphatic carbocycles. The topological polar surface area (TPSA) is 23.8 Å². The Balaban J connectivity index is 0. The van der Waals surface area contributed by atoms with Crippen molar-refractivity contribution in [2.45, 2.75) is 49.0 Å². The third kappa shape index (κ3) is 2.24. The van der Waals surface area contributed by atoms with Crippen LogP contribution in [0.1, 0.15) is 49.0 Å². The van der Waals surface area contributed by atoms with Crippen molar-refractivity contribution in [2.24, 2.45) is 16.7 Å². The van der Waals surface area contributed by atoms with Crippen LogP contribution in [0.25, 0.3) is 0 Å². The van der Waals surface area contributed by atoms with Gasteiger partial charge in [0.15, 0.2) is 0 Å². The van der Waals surface area contributed by atoms with E-state index < -0.39 is 0 Å². The van der Waals surface area contributed by atoms with Gasteiger partial charge in [0, 0.05) is 0 Å². The average molecular weight is 169 g/mol. The lowest BCUT2D eigenvalue weighted by atomic mass is 9.63. The van der Waals surface area contributed by atoms with Crippen molar-refractivity contribution in [1.82, 2.24) is 0 Å². The molecule has 0 unspecified atom stereocenters. The van der Waals surface area contributed by atoms with Gasteiger partial charge in [-0.1, -0.05) is 35.1 Å². The predicted octanol–water partition coefficient (Wildman–Crippen LogP) is 3.85. The van der Waals surface area contributed by atoms with Gasteiger partial charge in [-0.3, -0.25) is 0 Å². The Morgan fingerprint density at radius 1 is 1.08 bits per heavy atom. The molecule has 0 aromatic heterocycles. The first-order valence-corrected chi connectivity index (χ1v) is 4.17. The summed E-state index contributed by atoms with van der Waals surface area (Å²) in [5.74, 6) is 0.539. The second-order valence-electron chi connectivity index (χ2n) is 4.61. The van der Waals surface area contributed by atoms with Gasteiger partial charge in [-0.15, -0.1) is 0 Å². The lowest BCUT2D eigenvalue weighted by Gasteiger charge is -2.39. The van der Waals surface area contributed by atoms with Crippen LogP contribution < -0.4 is 0 Å². The molecule has 0 fully saturated rings. The van der Waals surface area contributed by atoms with Crippen molar-refractivity contribution in [3.63, 3.8) is 0 Å². The van der Waals surface area contributed by atoms with Crippen LogP contribution in [0.15, 0.2) is 0 Å². The zero-order valence-electron chi connectivity index (χ0n) is 8.52. The van der Waals surface area contributed by atoms with Crippen LogP contribution in [0.4, 0.5) is 0 Å². The first-order valence-electron chi connectivity index (χ1n) is 4.17. The Morgan fingerprint density at radius 2 is 1.42 bits per heavy atom. The van der Waals surface area contributed by atoms with E-state index >= 15 is 0 Å². The Kier molecular flexibility index (Phi) is 4.61. The fourth-order valence-corrected chi connectivity index (χ4v) is 0.866. The minimum Gasteiger partial charge on any atom is -0.198 e. The predicted molar refractivity (Wildman–Crippen MR) is 54.7 cm³/mol. The van der Waals surface area contributed by atoms with E-state index in [9.17, 15) is 0 Å². The second-order valence-corrected chi connectivity index (χ2v) is 4.61. The summed E-state index contributed by atoms with van der Waals surface area (Å²) in [6, 6.07) is 2.36. The van der Waals surface area contributed by atoms with Gasteiger partial charge in [0.25, 0.3) is 0 Å². The van der Waals surface area contributed by atoms with Gasteiger partial charge in [-0.05, 0) is 25.2 Å². The third-order valence-electron chi connectivity index (χ3n) is 3.33. The summed E-state index contributed by atoms with van der Waals surface area (Å²) in [6.45, 7) is 12.7. The highest BCUT2D eigenvalue weighted by molar-refractivity contribution is 5.02. The van der Waals surface area contributed by atoms with Gasteiger partial charge >= 0.3 is 0 Å². The molecule has 0 aromatic carbocycles. The van der Waals surface area contributed by atoms with E-state index in [1.54, 1.807) is 0 Å². The van der Waals surface area contributed by atoms with E-state index in [1.807, 2.05) is 13.8 Å². The van der Waals surface area contributed by atoms with E-state index in [-0.39, 0.29) is 18.3 Å². The molecular weight excluding hydrogens is 146 g/mol.